The van der Waals surface area contributed by atoms with E-state index in [2.05, 4.69) is 42.8 Å². The van der Waals surface area contributed by atoms with Gasteiger partial charge in [-0.2, -0.15) is 5.10 Å². The van der Waals surface area contributed by atoms with Crippen molar-refractivity contribution < 1.29 is 5.11 Å². The van der Waals surface area contributed by atoms with Crippen LogP contribution >= 0.6 is 0 Å². The Hall–Kier alpha value is -0.870. The van der Waals surface area contributed by atoms with Crippen molar-refractivity contribution in [2.75, 3.05) is 6.54 Å². The maximum absolute atomic E-state index is 10.2. The summed E-state index contributed by atoms with van der Waals surface area (Å²) in [6, 6.07) is 0. The maximum atomic E-state index is 10.2. The first-order valence-corrected chi connectivity index (χ1v) is 7.89. The van der Waals surface area contributed by atoms with Crippen molar-refractivity contribution in [1.82, 2.24) is 15.1 Å². The van der Waals surface area contributed by atoms with E-state index in [1.54, 1.807) is 0 Å². The lowest BCUT2D eigenvalue weighted by Crippen LogP contribution is -2.43. The molecule has 2 atom stereocenters. The fourth-order valence-electron chi connectivity index (χ4n) is 3.36. The molecule has 2 rings (SSSR count). The van der Waals surface area contributed by atoms with Gasteiger partial charge in [0.2, 0.25) is 0 Å². The Morgan fingerprint density at radius 2 is 2.15 bits per heavy atom. The minimum atomic E-state index is -0.163. The maximum Gasteiger partial charge on any atom is 0.0641 e. The van der Waals surface area contributed by atoms with Gasteiger partial charge in [-0.3, -0.25) is 4.68 Å². The summed E-state index contributed by atoms with van der Waals surface area (Å²) in [5, 5.41) is 18.3. The highest BCUT2D eigenvalue weighted by molar-refractivity contribution is 5.24. The Bertz CT molecular complexity index is 455. The molecule has 0 saturated heterocycles. The minimum Gasteiger partial charge on any atom is -0.393 e. The number of aryl methyl sites for hydroxylation is 2. The summed E-state index contributed by atoms with van der Waals surface area (Å²) in [5.74, 6) is 0. The van der Waals surface area contributed by atoms with E-state index < -0.39 is 0 Å². The molecule has 1 heterocycles. The van der Waals surface area contributed by atoms with E-state index in [0.29, 0.717) is 0 Å². The number of aliphatic hydroxyl groups excluding tert-OH is 1. The second-order valence-electron chi connectivity index (χ2n) is 6.48. The zero-order valence-electron chi connectivity index (χ0n) is 13.4. The first kappa shape index (κ1) is 15.5. The summed E-state index contributed by atoms with van der Waals surface area (Å²) in [4.78, 5) is 0. The molecule has 0 aromatic carbocycles. The highest BCUT2D eigenvalue weighted by Crippen LogP contribution is 2.35. The van der Waals surface area contributed by atoms with E-state index in [-0.39, 0.29) is 11.5 Å². The monoisotopic (exact) mass is 279 g/mol. The van der Waals surface area contributed by atoms with Gasteiger partial charge in [0.1, 0.15) is 0 Å². The van der Waals surface area contributed by atoms with Gasteiger partial charge in [0.15, 0.2) is 0 Å². The third-order valence-electron chi connectivity index (χ3n) is 4.94. The van der Waals surface area contributed by atoms with Crippen LogP contribution in [0, 0.1) is 19.3 Å². The van der Waals surface area contributed by atoms with Crippen molar-refractivity contribution in [3.63, 3.8) is 0 Å². The molecule has 4 heteroatoms. The summed E-state index contributed by atoms with van der Waals surface area (Å²) >= 11 is 0. The van der Waals surface area contributed by atoms with Gasteiger partial charge < -0.3 is 10.4 Å². The van der Waals surface area contributed by atoms with Crippen LogP contribution in [0.25, 0.3) is 0 Å². The molecule has 0 aliphatic heterocycles. The lowest BCUT2D eigenvalue weighted by molar-refractivity contribution is 0.00114. The topological polar surface area (TPSA) is 50.1 Å². The van der Waals surface area contributed by atoms with Crippen molar-refractivity contribution in [2.45, 2.75) is 72.6 Å². The van der Waals surface area contributed by atoms with E-state index in [1.165, 1.54) is 17.7 Å². The molecule has 4 nitrogen and oxygen atoms in total. The first-order chi connectivity index (χ1) is 9.48. The van der Waals surface area contributed by atoms with Crippen molar-refractivity contribution in [2.24, 2.45) is 5.41 Å². The van der Waals surface area contributed by atoms with Crippen molar-refractivity contribution in [1.29, 1.82) is 0 Å². The van der Waals surface area contributed by atoms with Crippen LogP contribution in [0.15, 0.2) is 0 Å². The largest absolute Gasteiger partial charge is 0.393 e. The van der Waals surface area contributed by atoms with E-state index in [4.69, 9.17) is 0 Å². The van der Waals surface area contributed by atoms with Gasteiger partial charge >= 0.3 is 0 Å². The highest BCUT2D eigenvalue weighted by Gasteiger charge is 2.34. The molecule has 1 fully saturated rings. The van der Waals surface area contributed by atoms with Crippen molar-refractivity contribution in [3.05, 3.63) is 17.0 Å². The molecule has 0 radical (unpaired) electrons. The van der Waals surface area contributed by atoms with Crippen LogP contribution in [0.4, 0.5) is 0 Å². The second kappa shape index (κ2) is 6.27. The van der Waals surface area contributed by atoms with E-state index in [1.807, 2.05) is 0 Å². The molecular formula is C16H29N3O. The van der Waals surface area contributed by atoms with Crippen LogP contribution in [0.5, 0.6) is 0 Å². The van der Waals surface area contributed by atoms with Crippen LogP contribution < -0.4 is 5.32 Å². The van der Waals surface area contributed by atoms with E-state index in [0.717, 1.165) is 44.6 Å². The fraction of sp³-hybridized carbons (Fsp3) is 0.812. The molecule has 0 bridgehead atoms. The van der Waals surface area contributed by atoms with Gasteiger partial charge in [-0.1, -0.05) is 19.8 Å². The normalized spacial score (nSPS) is 26.9. The molecule has 114 valence electrons. The summed E-state index contributed by atoms with van der Waals surface area (Å²) in [6.45, 7) is 11.2. The number of aliphatic hydroxyl groups is 1. The molecule has 0 spiro atoms. The molecule has 20 heavy (non-hydrogen) atoms. The molecular weight excluding hydrogens is 250 g/mol. The molecule has 1 aliphatic rings. The van der Waals surface area contributed by atoms with Gasteiger partial charge in [0, 0.05) is 36.3 Å². The number of rotatable bonds is 5. The Morgan fingerprint density at radius 1 is 1.40 bits per heavy atom. The SMILES string of the molecule is CCn1nc(C)c(CNCC2(C)CCCCC2O)c1C. The summed E-state index contributed by atoms with van der Waals surface area (Å²) in [6.07, 6.45) is 4.31. The molecule has 1 aromatic rings. The lowest BCUT2D eigenvalue weighted by Gasteiger charge is -2.38. The standard InChI is InChI=1S/C16H29N3O/c1-5-19-13(3)14(12(2)18-19)10-17-11-16(4)9-7-6-8-15(16)20/h15,17,20H,5-11H2,1-4H3. The Labute approximate surface area is 122 Å². The van der Waals surface area contributed by atoms with E-state index >= 15 is 0 Å². The Morgan fingerprint density at radius 3 is 2.75 bits per heavy atom. The zero-order chi connectivity index (χ0) is 14.8. The third kappa shape index (κ3) is 3.07. The first-order valence-electron chi connectivity index (χ1n) is 7.89. The van der Waals surface area contributed by atoms with Crippen LogP contribution in [0.1, 0.15) is 56.5 Å². The van der Waals surface area contributed by atoms with Crippen LogP contribution in [-0.4, -0.2) is 27.5 Å². The number of aromatic nitrogens is 2. The van der Waals surface area contributed by atoms with Crippen LogP contribution in [-0.2, 0) is 13.1 Å². The highest BCUT2D eigenvalue weighted by atomic mass is 16.3. The van der Waals surface area contributed by atoms with Crippen LogP contribution in [0.3, 0.4) is 0 Å². The lowest BCUT2D eigenvalue weighted by atomic mass is 9.73. The summed E-state index contributed by atoms with van der Waals surface area (Å²) < 4.78 is 2.06. The molecule has 1 saturated carbocycles. The van der Waals surface area contributed by atoms with Crippen molar-refractivity contribution in [3.8, 4) is 0 Å². The van der Waals surface area contributed by atoms with Crippen molar-refractivity contribution >= 4 is 0 Å². The van der Waals surface area contributed by atoms with E-state index in [9.17, 15) is 5.11 Å². The molecule has 1 aromatic heterocycles. The van der Waals surface area contributed by atoms with Gasteiger partial charge in [-0.25, -0.2) is 0 Å². The van der Waals surface area contributed by atoms with Gasteiger partial charge in [-0.05, 0) is 33.6 Å². The number of nitrogens with zero attached hydrogens (tertiary/aromatic N) is 2. The molecule has 2 N–H and O–H groups in total. The molecule has 0 amide bonds. The quantitative estimate of drug-likeness (QED) is 0.871. The third-order valence-corrected chi connectivity index (χ3v) is 4.94. The molecule has 2 unspecified atom stereocenters. The predicted octanol–water partition coefficient (Wildman–Crippen LogP) is 2.55. The number of hydrogen-bond acceptors (Lipinski definition) is 3. The van der Waals surface area contributed by atoms with Gasteiger partial charge in [-0.15, -0.1) is 0 Å². The fourth-order valence-corrected chi connectivity index (χ4v) is 3.36. The predicted molar refractivity (Wildman–Crippen MR) is 81.7 cm³/mol. The van der Waals surface area contributed by atoms with Gasteiger partial charge in [0.25, 0.3) is 0 Å². The number of nitrogens with one attached hydrogen (secondary N) is 1. The second-order valence-corrected chi connectivity index (χ2v) is 6.48. The number of hydrogen-bond donors (Lipinski definition) is 2. The zero-order valence-corrected chi connectivity index (χ0v) is 13.4. The Balaban J connectivity index is 1.94. The average Bonchev–Trinajstić information content (AvgIpc) is 2.69. The summed E-state index contributed by atoms with van der Waals surface area (Å²) in [7, 11) is 0. The minimum absolute atomic E-state index is 0.0286. The summed E-state index contributed by atoms with van der Waals surface area (Å²) in [5.41, 5.74) is 3.71. The van der Waals surface area contributed by atoms with Crippen LogP contribution in [0.2, 0.25) is 0 Å². The smallest absolute Gasteiger partial charge is 0.0641 e. The molecule has 1 aliphatic carbocycles. The van der Waals surface area contributed by atoms with Gasteiger partial charge in [0.05, 0.1) is 11.8 Å². The average molecular weight is 279 g/mol. The Kier molecular flexibility index (Phi) is 4.86.